The number of rotatable bonds is 7. The normalized spacial score (nSPS) is 11.7. The lowest BCUT2D eigenvalue weighted by molar-refractivity contribution is -0.124. The van der Waals surface area contributed by atoms with Gasteiger partial charge in [0.25, 0.3) is 5.91 Å². The van der Waals surface area contributed by atoms with E-state index in [0.29, 0.717) is 30.4 Å². The Morgan fingerprint density at radius 3 is 2.77 bits per heavy atom. The smallest absolute Gasteiger partial charge is 0.342 e. The molecule has 0 aromatic heterocycles. The summed E-state index contributed by atoms with van der Waals surface area (Å²) >= 11 is 0. The molecule has 1 heterocycles. The largest absolute Gasteiger partial charge is 0.493 e. The Hall–Kier alpha value is -3.22. The van der Waals surface area contributed by atoms with Gasteiger partial charge in [0.15, 0.2) is 18.1 Å². The minimum atomic E-state index is -0.604. The van der Waals surface area contributed by atoms with Crippen LogP contribution in [0.15, 0.2) is 42.5 Å². The van der Waals surface area contributed by atoms with Crippen molar-refractivity contribution in [2.24, 2.45) is 0 Å². The van der Waals surface area contributed by atoms with Crippen molar-refractivity contribution in [3.63, 3.8) is 0 Å². The molecular formula is C19H19NO6. The fourth-order valence-electron chi connectivity index (χ4n) is 2.43. The highest BCUT2D eigenvalue weighted by atomic mass is 16.7. The van der Waals surface area contributed by atoms with E-state index in [1.807, 2.05) is 13.0 Å². The average Bonchev–Trinajstić information content (AvgIpc) is 3.13. The standard InChI is InChI=1S/C19H19NO6/c1-2-23-15-6-4-3-5-14(15)19(22)24-11-18(21)20-10-13-7-8-16-17(9-13)26-12-25-16/h3-9H,2,10-12H2,1H3,(H,20,21). The molecule has 26 heavy (non-hydrogen) atoms. The van der Waals surface area contributed by atoms with E-state index in [2.05, 4.69) is 5.32 Å². The number of ether oxygens (including phenoxy) is 4. The maximum absolute atomic E-state index is 12.1. The summed E-state index contributed by atoms with van der Waals surface area (Å²) in [6, 6.07) is 12.2. The quantitative estimate of drug-likeness (QED) is 0.766. The van der Waals surface area contributed by atoms with Gasteiger partial charge < -0.3 is 24.3 Å². The first-order valence-electron chi connectivity index (χ1n) is 8.21. The maximum Gasteiger partial charge on any atom is 0.342 e. The van der Waals surface area contributed by atoms with Gasteiger partial charge in [-0.15, -0.1) is 0 Å². The molecule has 7 heteroatoms. The molecule has 1 aliphatic rings. The molecule has 0 atom stereocenters. The van der Waals surface area contributed by atoms with E-state index in [1.165, 1.54) is 0 Å². The van der Waals surface area contributed by atoms with Crippen molar-refractivity contribution in [2.45, 2.75) is 13.5 Å². The highest BCUT2D eigenvalue weighted by molar-refractivity contribution is 5.93. The second-order valence-corrected chi connectivity index (χ2v) is 5.47. The number of hydrogen-bond acceptors (Lipinski definition) is 6. The summed E-state index contributed by atoms with van der Waals surface area (Å²) in [6.45, 7) is 2.38. The lowest BCUT2D eigenvalue weighted by atomic mass is 10.2. The van der Waals surface area contributed by atoms with E-state index in [-0.39, 0.29) is 19.0 Å². The van der Waals surface area contributed by atoms with Crippen molar-refractivity contribution in [3.8, 4) is 17.2 Å². The van der Waals surface area contributed by atoms with E-state index >= 15 is 0 Å². The number of benzene rings is 2. The molecule has 0 saturated carbocycles. The summed E-state index contributed by atoms with van der Waals surface area (Å²) in [4.78, 5) is 24.1. The van der Waals surface area contributed by atoms with Crippen molar-refractivity contribution < 1.29 is 28.5 Å². The van der Waals surface area contributed by atoms with E-state index < -0.39 is 11.9 Å². The molecule has 0 bridgehead atoms. The van der Waals surface area contributed by atoms with Crippen LogP contribution < -0.4 is 19.5 Å². The van der Waals surface area contributed by atoms with Crippen LogP contribution in [0.25, 0.3) is 0 Å². The van der Waals surface area contributed by atoms with Crippen LogP contribution >= 0.6 is 0 Å². The highest BCUT2D eigenvalue weighted by Gasteiger charge is 2.16. The molecule has 7 nitrogen and oxygen atoms in total. The topological polar surface area (TPSA) is 83.1 Å². The lowest BCUT2D eigenvalue weighted by Crippen LogP contribution is -2.28. The molecule has 1 N–H and O–H groups in total. The summed E-state index contributed by atoms with van der Waals surface area (Å²) in [7, 11) is 0. The van der Waals surface area contributed by atoms with Crippen molar-refractivity contribution in [2.75, 3.05) is 20.0 Å². The predicted molar refractivity (Wildman–Crippen MR) is 92.3 cm³/mol. The third kappa shape index (κ3) is 4.24. The van der Waals surface area contributed by atoms with Crippen molar-refractivity contribution in [1.82, 2.24) is 5.32 Å². The number of hydrogen-bond donors (Lipinski definition) is 1. The number of amides is 1. The van der Waals surface area contributed by atoms with Crippen molar-refractivity contribution in [1.29, 1.82) is 0 Å². The van der Waals surface area contributed by atoms with Gasteiger partial charge >= 0.3 is 5.97 Å². The summed E-state index contributed by atoms with van der Waals surface area (Å²) in [5, 5.41) is 2.69. The fourth-order valence-corrected chi connectivity index (χ4v) is 2.43. The zero-order valence-electron chi connectivity index (χ0n) is 14.3. The van der Waals surface area contributed by atoms with Crippen LogP contribution in [0, 0.1) is 0 Å². The monoisotopic (exact) mass is 357 g/mol. The van der Waals surface area contributed by atoms with Gasteiger partial charge in [-0.3, -0.25) is 4.79 Å². The van der Waals surface area contributed by atoms with Gasteiger partial charge in [-0.1, -0.05) is 18.2 Å². The Bertz CT molecular complexity index is 804. The van der Waals surface area contributed by atoms with E-state index in [9.17, 15) is 9.59 Å². The van der Waals surface area contributed by atoms with Crippen LogP contribution in [0.4, 0.5) is 0 Å². The Morgan fingerprint density at radius 2 is 1.92 bits per heavy atom. The van der Waals surface area contributed by atoms with Crippen LogP contribution in [0.1, 0.15) is 22.8 Å². The summed E-state index contributed by atoms with van der Waals surface area (Å²) < 4.78 is 21.0. The third-order valence-electron chi connectivity index (χ3n) is 3.67. The average molecular weight is 357 g/mol. The minimum Gasteiger partial charge on any atom is -0.493 e. The van der Waals surface area contributed by atoms with Gasteiger partial charge in [-0.05, 0) is 36.8 Å². The molecule has 0 saturated heterocycles. The second-order valence-electron chi connectivity index (χ2n) is 5.47. The summed E-state index contributed by atoms with van der Waals surface area (Å²) in [5.41, 5.74) is 1.15. The van der Waals surface area contributed by atoms with E-state index in [1.54, 1.807) is 36.4 Å². The fraction of sp³-hybridized carbons (Fsp3) is 0.263. The van der Waals surface area contributed by atoms with E-state index in [4.69, 9.17) is 18.9 Å². The van der Waals surface area contributed by atoms with Gasteiger partial charge in [0.05, 0.1) is 6.61 Å². The van der Waals surface area contributed by atoms with Gasteiger partial charge in [0, 0.05) is 6.54 Å². The number of nitrogens with one attached hydrogen (secondary N) is 1. The molecule has 0 radical (unpaired) electrons. The van der Waals surface area contributed by atoms with Crippen molar-refractivity contribution >= 4 is 11.9 Å². The molecule has 2 aromatic rings. The summed E-state index contributed by atoms with van der Waals surface area (Å²) in [6.07, 6.45) is 0. The van der Waals surface area contributed by atoms with Gasteiger partial charge in [0.2, 0.25) is 6.79 Å². The van der Waals surface area contributed by atoms with Crippen LogP contribution in [0.5, 0.6) is 17.2 Å². The third-order valence-corrected chi connectivity index (χ3v) is 3.67. The number of carbonyl (C=O) groups is 2. The first-order chi connectivity index (χ1) is 12.7. The van der Waals surface area contributed by atoms with E-state index in [0.717, 1.165) is 5.56 Å². The Kier molecular flexibility index (Phi) is 5.58. The SMILES string of the molecule is CCOc1ccccc1C(=O)OCC(=O)NCc1ccc2c(c1)OCO2. The van der Waals surface area contributed by atoms with Crippen LogP contribution in [0.2, 0.25) is 0 Å². The van der Waals surface area contributed by atoms with Gasteiger partial charge in [-0.2, -0.15) is 0 Å². The highest BCUT2D eigenvalue weighted by Crippen LogP contribution is 2.32. The first kappa shape index (κ1) is 17.6. The Morgan fingerprint density at radius 1 is 1.12 bits per heavy atom. The lowest BCUT2D eigenvalue weighted by Gasteiger charge is -2.10. The molecule has 0 fully saturated rings. The van der Waals surface area contributed by atoms with Gasteiger partial charge in [0.1, 0.15) is 11.3 Å². The summed E-state index contributed by atoms with van der Waals surface area (Å²) in [5.74, 6) is 0.760. The number of fused-ring (bicyclic) bond motifs is 1. The number of para-hydroxylation sites is 1. The predicted octanol–water partition coefficient (Wildman–Crippen LogP) is 2.29. The minimum absolute atomic E-state index is 0.199. The molecule has 3 rings (SSSR count). The van der Waals surface area contributed by atoms with Crippen LogP contribution in [0.3, 0.4) is 0 Å². The molecule has 2 aromatic carbocycles. The maximum atomic E-state index is 12.1. The molecule has 136 valence electrons. The van der Waals surface area contributed by atoms with Crippen LogP contribution in [-0.4, -0.2) is 31.9 Å². The molecule has 0 spiro atoms. The van der Waals surface area contributed by atoms with Crippen molar-refractivity contribution in [3.05, 3.63) is 53.6 Å². The number of carbonyl (C=O) groups excluding carboxylic acids is 2. The number of esters is 1. The zero-order chi connectivity index (χ0) is 18.4. The Balaban J connectivity index is 1.49. The zero-order valence-corrected chi connectivity index (χ0v) is 14.3. The molecule has 1 aliphatic heterocycles. The second kappa shape index (κ2) is 8.24. The molecular weight excluding hydrogens is 338 g/mol. The first-order valence-corrected chi connectivity index (χ1v) is 8.21. The Labute approximate surface area is 150 Å². The van der Waals surface area contributed by atoms with Gasteiger partial charge in [-0.25, -0.2) is 4.79 Å². The molecule has 0 unspecified atom stereocenters. The molecule has 0 aliphatic carbocycles. The van der Waals surface area contributed by atoms with Crippen LogP contribution in [-0.2, 0) is 16.1 Å². The molecule has 1 amide bonds.